The number of hydrogen-bond acceptors (Lipinski definition) is 3. The molecule has 0 bridgehead atoms. The van der Waals surface area contributed by atoms with Crippen molar-refractivity contribution in [3.63, 3.8) is 0 Å². The Balaban J connectivity index is 1.61. The Morgan fingerprint density at radius 1 is 1.11 bits per heavy atom. The van der Waals surface area contributed by atoms with Crippen molar-refractivity contribution in [3.8, 4) is 5.75 Å². The van der Waals surface area contributed by atoms with Crippen LogP contribution in [0.5, 0.6) is 5.75 Å². The smallest absolute Gasteiger partial charge is 0.406 e. The molecule has 1 heterocycles. The van der Waals surface area contributed by atoms with E-state index >= 15 is 0 Å². The molecule has 3 rings (SSSR count). The molecule has 1 N–H and O–H groups in total. The molecule has 0 saturated heterocycles. The third-order valence-electron chi connectivity index (χ3n) is 3.84. The molecule has 0 atom stereocenters. The van der Waals surface area contributed by atoms with Crippen molar-refractivity contribution in [2.75, 3.05) is 5.32 Å². The SMILES string of the molecule is Cc1nccn1Cc1ccc(C(=O)Nc2ccc(OC(F)(F)F)cc2)cc1. The number of ether oxygens (including phenoxy) is 1. The van der Waals surface area contributed by atoms with Crippen LogP contribution >= 0.6 is 0 Å². The molecular weight excluding hydrogens is 359 g/mol. The lowest BCUT2D eigenvalue weighted by Gasteiger charge is -2.10. The monoisotopic (exact) mass is 375 g/mol. The van der Waals surface area contributed by atoms with E-state index in [1.807, 2.05) is 29.8 Å². The molecule has 2 aromatic carbocycles. The van der Waals surface area contributed by atoms with Gasteiger partial charge in [-0.25, -0.2) is 4.98 Å². The quantitative estimate of drug-likeness (QED) is 0.720. The van der Waals surface area contributed by atoms with Gasteiger partial charge < -0.3 is 14.6 Å². The minimum absolute atomic E-state index is 0.348. The maximum Gasteiger partial charge on any atom is 0.573 e. The van der Waals surface area contributed by atoms with Gasteiger partial charge in [-0.15, -0.1) is 13.2 Å². The highest BCUT2D eigenvalue weighted by atomic mass is 19.4. The predicted octanol–water partition coefficient (Wildman–Crippen LogP) is 4.39. The maximum atomic E-state index is 12.3. The molecule has 0 radical (unpaired) electrons. The molecule has 1 amide bonds. The van der Waals surface area contributed by atoms with E-state index in [4.69, 9.17) is 0 Å². The first-order valence-electron chi connectivity index (χ1n) is 8.04. The van der Waals surface area contributed by atoms with Crippen LogP contribution in [0.2, 0.25) is 0 Å². The zero-order chi connectivity index (χ0) is 19.4. The molecule has 0 aliphatic heterocycles. The Morgan fingerprint density at radius 3 is 2.33 bits per heavy atom. The molecule has 0 unspecified atom stereocenters. The lowest BCUT2D eigenvalue weighted by Crippen LogP contribution is -2.17. The Morgan fingerprint density at radius 2 is 1.78 bits per heavy atom. The summed E-state index contributed by atoms with van der Waals surface area (Å²) in [5, 5.41) is 2.63. The Bertz CT molecular complexity index is 917. The number of benzene rings is 2. The average Bonchev–Trinajstić information content (AvgIpc) is 3.01. The van der Waals surface area contributed by atoms with Gasteiger partial charge in [-0.05, 0) is 48.9 Å². The molecule has 0 spiro atoms. The van der Waals surface area contributed by atoms with Gasteiger partial charge in [-0.2, -0.15) is 0 Å². The second-order valence-corrected chi connectivity index (χ2v) is 5.83. The first-order chi connectivity index (χ1) is 12.8. The fraction of sp³-hybridized carbons (Fsp3) is 0.158. The second-order valence-electron chi connectivity index (χ2n) is 5.83. The van der Waals surface area contributed by atoms with E-state index in [2.05, 4.69) is 15.0 Å². The van der Waals surface area contributed by atoms with Gasteiger partial charge in [-0.3, -0.25) is 4.79 Å². The highest BCUT2D eigenvalue weighted by molar-refractivity contribution is 6.04. The Hall–Kier alpha value is -3.29. The van der Waals surface area contributed by atoms with Gasteiger partial charge in [0.1, 0.15) is 11.6 Å². The number of halogens is 3. The number of carbonyl (C=O) groups is 1. The van der Waals surface area contributed by atoms with E-state index in [-0.39, 0.29) is 11.7 Å². The van der Waals surface area contributed by atoms with Crippen LogP contribution in [0.1, 0.15) is 21.7 Å². The summed E-state index contributed by atoms with van der Waals surface area (Å²) in [5.41, 5.74) is 1.82. The Kier molecular flexibility index (Phi) is 5.16. The van der Waals surface area contributed by atoms with E-state index < -0.39 is 6.36 Å². The van der Waals surface area contributed by atoms with Gasteiger partial charge in [0.2, 0.25) is 0 Å². The van der Waals surface area contributed by atoms with Gasteiger partial charge in [0.25, 0.3) is 5.91 Å². The van der Waals surface area contributed by atoms with Crippen LogP contribution in [0.3, 0.4) is 0 Å². The number of carbonyl (C=O) groups excluding carboxylic acids is 1. The van der Waals surface area contributed by atoms with Gasteiger partial charge >= 0.3 is 6.36 Å². The minimum Gasteiger partial charge on any atom is -0.406 e. The van der Waals surface area contributed by atoms with E-state index in [1.54, 1.807) is 18.3 Å². The zero-order valence-electron chi connectivity index (χ0n) is 14.3. The van der Waals surface area contributed by atoms with Crippen LogP contribution in [0.25, 0.3) is 0 Å². The van der Waals surface area contributed by atoms with Crippen LogP contribution in [0, 0.1) is 6.92 Å². The lowest BCUT2D eigenvalue weighted by molar-refractivity contribution is -0.274. The summed E-state index contributed by atoms with van der Waals surface area (Å²) in [5.74, 6) is 0.194. The normalized spacial score (nSPS) is 11.3. The fourth-order valence-electron chi connectivity index (χ4n) is 2.47. The summed E-state index contributed by atoms with van der Waals surface area (Å²) < 4.78 is 42.2. The summed E-state index contributed by atoms with van der Waals surface area (Å²) in [6.07, 6.45) is -1.15. The third-order valence-corrected chi connectivity index (χ3v) is 3.84. The first-order valence-corrected chi connectivity index (χ1v) is 8.04. The second kappa shape index (κ2) is 7.53. The van der Waals surface area contributed by atoms with Gasteiger partial charge in [0, 0.05) is 30.2 Å². The molecule has 3 aromatic rings. The van der Waals surface area contributed by atoms with Crippen molar-refractivity contribution in [1.82, 2.24) is 9.55 Å². The largest absolute Gasteiger partial charge is 0.573 e. The van der Waals surface area contributed by atoms with Crippen LogP contribution in [-0.2, 0) is 6.54 Å². The number of alkyl halides is 3. The van der Waals surface area contributed by atoms with E-state index in [9.17, 15) is 18.0 Å². The van der Waals surface area contributed by atoms with E-state index in [0.717, 1.165) is 23.5 Å². The summed E-state index contributed by atoms with van der Waals surface area (Å²) in [7, 11) is 0. The zero-order valence-corrected chi connectivity index (χ0v) is 14.3. The van der Waals surface area contributed by atoms with Crippen molar-refractivity contribution < 1.29 is 22.7 Å². The third kappa shape index (κ3) is 5.10. The molecule has 140 valence electrons. The number of amides is 1. The topological polar surface area (TPSA) is 56.2 Å². The van der Waals surface area contributed by atoms with Crippen molar-refractivity contribution in [2.45, 2.75) is 19.8 Å². The van der Waals surface area contributed by atoms with Crippen LogP contribution in [0.15, 0.2) is 60.9 Å². The summed E-state index contributed by atoms with van der Waals surface area (Å²) in [4.78, 5) is 16.4. The molecule has 0 fully saturated rings. The lowest BCUT2D eigenvalue weighted by atomic mass is 10.1. The number of hydrogen-bond donors (Lipinski definition) is 1. The number of rotatable bonds is 5. The fourth-order valence-corrected chi connectivity index (χ4v) is 2.47. The molecular formula is C19H16F3N3O2. The Labute approximate surface area is 153 Å². The van der Waals surface area contributed by atoms with Gasteiger partial charge in [-0.1, -0.05) is 12.1 Å². The number of nitrogens with one attached hydrogen (secondary N) is 1. The molecule has 0 aliphatic carbocycles. The van der Waals surface area contributed by atoms with Crippen molar-refractivity contribution in [3.05, 3.63) is 77.9 Å². The average molecular weight is 375 g/mol. The number of imidazole rings is 1. The minimum atomic E-state index is -4.75. The maximum absolute atomic E-state index is 12.3. The van der Waals surface area contributed by atoms with Crippen molar-refractivity contribution in [2.24, 2.45) is 0 Å². The van der Waals surface area contributed by atoms with Crippen LogP contribution in [-0.4, -0.2) is 21.8 Å². The van der Waals surface area contributed by atoms with Gasteiger partial charge in [0.05, 0.1) is 0 Å². The number of anilines is 1. The first kappa shape index (κ1) is 18.5. The highest BCUT2D eigenvalue weighted by Gasteiger charge is 2.30. The van der Waals surface area contributed by atoms with Crippen LogP contribution < -0.4 is 10.1 Å². The highest BCUT2D eigenvalue weighted by Crippen LogP contribution is 2.24. The summed E-state index contributed by atoms with van der Waals surface area (Å²) in [6.45, 7) is 2.56. The van der Waals surface area contributed by atoms with E-state index in [0.29, 0.717) is 17.8 Å². The predicted molar refractivity (Wildman–Crippen MR) is 93.6 cm³/mol. The van der Waals surface area contributed by atoms with Crippen molar-refractivity contribution in [1.29, 1.82) is 0 Å². The molecule has 0 saturated carbocycles. The molecule has 5 nitrogen and oxygen atoms in total. The molecule has 27 heavy (non-hydrogen) atoms. The van der Waals surface area contributed by atoms with Gasteiger partial charge in [0.15, 0.2) is 0 Å². The number of aromatic nitrogens is 2. The molecule has 1 aromatic heterocycles. The number of nitrogens with zero attached hydrogens (tertiary/aromatic N) is 2. The standard InChI is InChI=1S/C19H16F3N3O2/c1-13-23-10-11-25(13)12-14-2-4-15(5-3-14)18(26)24-16-6-8-17(9-7-16)27-19(20,21)22/h2-11H,12H2,1H3,(H,24,26). The molecule has 8 heteroatoms. The number of aryl methyl sites for hydroxylation is 1. The summed E-state index contributed by atoms with van der Waals surface area (Å²) >= 11 is 0. The van der Waals surface area contributed by atoms with Crippen molar-refractivity contribution >= 4 is 11.6 Å². The summed E-state index contributed by atoms with van der Waals surface area (Å²) in [6, 6.07) is 12.0. The van der Waals surface area contributed by atoms with Crippen LogP contribution in [0.4, 0.5) is 18.9 Å². The van der Waals surface area contributed by atoms with E-state index in [1.165, 1.54) is 12.1 Å². The molecule has 0 aliphatic rings.